The number of carbonyl (C=O) groups is 4. The van der Waals surface area contributed by atoms with Crippen LogP contribution < -0.4 is 16.0 Å². The van der Waals surface area contributed by atoms with Crippen LogP contribution in [-0.2, 0) is 9.53 Å². The Morgan fingerprint density at radius 2 is 1.55 bits per heavy atom. The van der Waals surface area contributed by atoms with Crippen molar-refractivity contribution in [3.8, 4) is 0 Å². The molecule has 1 heterocycles. The van der Waals surface area contributed by atoms with E-state index in [1.807, 2.05) is 0 Å². The molecule has 2 aromatic carbocycles. The summed E-state index contributed by atoms with van der Waals surface area (Å²) in [5, 5.41) is 10.0. The van der Waals surface area contributed by atoms with E-state index in [2.05, 4.69) is 16.0 Å². The summed E-state index contributed by atoms with van der Waals surface area (Å²) < 4.78 is 5.09. The Bertz CT molecular complexity index is 1190. The number of hydrogen-bond donors (Lipinski definition) is 3. The molecule has 0 radical (unpaired) electrons. The zero-order valence-corrected chi connectivity index (χ0v) is 18.3. The average Bonchev–Trinajstić information content (AvgIpc) is 3.45. The fourth-order valence-electron chi connectivity index (χ4n) is 2.97. The summed E-state index contributed by atoms with van der Waals surface area (Å²) in [4.78, 5) is 49.4. The van der Waals surface area contributed by atoms with Crippen molar-refractivity contribution < 1.29 is 23.9 Å². The van der Waals surface area contributed by atoms with Gasteiger partial charge in [0.05, 0.1) is 10.4 Å². The number of rotatable bonds is 8. The summed E-state index contributed by atoms with van der Waals surface area (Å²) >= 11 is 1.31. The Morgan fingerprint density at radius 1 is 0.848 bits per heavy atom. The molecular formula is C24H21N3O5S. The molecule has 168 valence electrons. The molecule has 0 atom stereocenters. The standard InChI is InChI=1S/C24H21N3O5S/c28-21(25-18-6-1-4-15(12-18)22(29)26-17-9-10-17)14-32-24(31)16-5-2-7-19(13-16)27-23(30)20-8-3-11-33-20/h1-8,11-13,17H,9-10,14H2,(H,25,28)(H,26,29)(H,27,30). The first-order valence-corrected chi connectivity index (χ1v) is 11.2. The average molecular weight is 464 g/mol. The molecule has 0 spiro atoms. The SMILES string of the molecule is O=C(COC(=O)c1cccc(NC(=O)c2cccs2)c1)Nc1cccc(C(=O)NC2CC2)c1. The lowest BCUT2D eigenvalue weighted by molar-refractivity contribution is -0.119. The lowest BCUT2D eigenvalue weighted by Crippen LogP contribution is -2.25. The molecule has 4 rings (SSSR count). The minimum absolute atomic E-state index is 0.189. The number of carbonyl (C=O) groups excluding carboxylic acids is 4. The van der Waals surface area contributed by atoms with Crippen molar-refractivity contribution in [1.29, 1.82) is 0 Å². The first-order valence-electron chi connectivity index (χ1n) is 10.3. The van der Waals surface area contributed by atoms with Crippen LogP contribution in [0.2, 0.25) is 0 Å². The van der Waals surface area contributed by atoms with E-state index in [-0.39, 0.29) is 23.4 Å². The second kappa shape index (κ2) is 10.1. The largest absolute Gasteiger partial charge is 0.452 e. The summed E-state index contributed by atoms with van der Waals surface area (Å²) in [6.07, 6.45) is 1.97. The lowest BCUT2D eigenvalue weighted by atomic mass is 10.2. The third-order valence-electron chi connectivity index (χ3n) is 4.76. The van der Waals surface area contributed by atoms with E-state index >= 15 is 0 Å². The molecule has 33 heavy (non-hydrogen) atoms. The second-order valence-electron chi connectivity index (χ2n) is 7.47. The van der Waals surface area contributed by atoms with E-state index < -0.39 is 18.5 Å². The Balaban J connectivity index is 1.29. The van der Waals surface area contributed by atoms with Crippen LogP contribution in [-0.4, -0.2) is 36.3 Å². The van der Waals surface area contributed by atoms with Gasteiger partial charge in [-0.1, -0.05) is 18.2 Å². The number of benzene rings is 2. The van der Waals surface area contributed by atoms with Gasteiger partial charge < -0.3 is 20.7 Å². The molecule has 3 N–H and O–H groups in total. The molecule has 1 fully saturated rings. The molecule has 1 aromatic heterocycles. The Morgan fingerprint density at radius 3 is 2.24 bits per heavy atom. The van der Waals surface area contributed by atoms with Gasteiger partial charge in [-0.05, 0) is 60.7 Å². The highest BCUT2D eigenvalue weighted by molar-refractivity contribution is 7.12. The van der Waals surface area contributed by atoms with Gasteiger partial charge in [-0.3, -0.25) is 14.4 Å². The molecular weight excluding hydrogens is 442 g/mol. The van der Waals surface area contributed by atoms with Crippen LogP contribution in [0.5, 0.6) is 0 Å². The minimum atomic E-state index is -0.699. The number of amides is 3. The maximum absolute atomic E-state index is 12.4. The highest BCUT2D eigenvalue weighted by atomic mass is 32.1. The fraction of sp³-hybridized carbons (Fsp3) is 0.167. The highest BCUT2D eigenvalue weighted by Crippen LogP contribution is 2.20. The van der Waals surface area contributed by atoms with Crippen LogP contribution in [0.15, 0.2) is 66.0 Å². The molecule has 0 unspecified atom stereocenters. The van der Waals surface area contributed by atoms with Crippen LogP contribution in [0.25, 0.3) is 0 Å². The zero-order valence-electron chi connectivity index (χ0n) is 17.5. The number of ether oxygens (including phenoxy) is 1. The number of thiophene rings is 1. The van der Waals surface area contributed by atoms with Gasteiger partial charge in [0, 0.05) is 23.0 Å². The topological polar surface area (TPSA) is 114 Å². The normalized spacial score (nSPS) is 12.5. The molecule has 8 nitrogen and oxygen atoms in total. The van der Waals surface area contributed by atoms with Crippen molar-refractivity contribution in [3.05, 3.63) is 82.0 Å². The number of hydrogen-bond acceptors (Lipinski definition) is 6. The van der Waals surface area contributed by atoms with Crippen LogP contribution in [0, 0.1) is 0 Å². The molecule has 3 aromatic rings. The van der Waals surface area contributed by atoms with Crippen molar-refractivity contribution >= 4 is 46.4 Å². The first kappa shape index (κ1) is 22.2. The molecule has 3 amide bonds. The lowest BCUT2D eigenvalue weighted by Gasteiger charge is -2.09. The number of nitrogens with one attached hydrogen (secondary N) is 3. The van der Waals surface area contributed by atoms with Crippen molar-refractivity contribution in [1.82, 2.24) is 5.32 Å². The van der Waals surface area contributed by atoms with Crippen LogP contribution in [0.4, 0.5) is 11.4 Å². The van der Waals surface area contributed by atoms with Crippen LogP contribution in [0.3, 0.4) is 0 Å². The first-order chi connectivity index (χ1) is 16.0. The predicted octanol–water partition coefficient (Wildman–Crippen LogP) is 3.69. The van der Waals surface area contributed by atoms with E-state index in [1.54, 1.807) is 53.9 Å². The third-order valence-corrected chi connectivity index (χ3v) is 5.63. The van der Waals surface area contributed by atoms with Gasteiger partial charge in [-0.15, -0.1) is 11.3 Å². The quantitative estimate of drug-likeness (QED) is 0.441. The summed E-state index contributed by atoms with van der Waals surface area (Å²) in [7, 11) is 0. The Hall–Kier alpha value is -3.98. The highest BCUT2D eigenvalue weighted by Gasteiger charge is 2.23. The van der Waals surface area contributed by atoms with Crippen molar-refractivity contribution in [3.63, 3.8) is 0 Å². The molecule has 9 heteroatoms. The predicted molar refractivity (Wildman–Crippen MR) is 125 cm³/mol. The van der Waals surface area contributed by atoms with E-state index in [1.165, 1.54) is 23.5 Å². The van der Waals surface area contributed by atoms with Gasteiger partial charge in [-0.25, -0.2) is 4.79 Å². The van der Waals surface area contributed by atoms with Gasteiger partial charge in [0.1, 0.15) is 0 Å². The molecule has 1 saturated carbocycles. The maximum Gasteiger partial charge on any atom is 0.338 e. The van der Waals surface area contributed by atoms with E-state index in [0.29, 0.717) is 21.8 Å². The molecule has 0 bridgehead atoms. The van der Waals surface area contributed by atoms with Crippen molar-refractivity contribution in [2.45, 2.75) is 18.9 Å². The third kappa shape index (κ3) is 6.27. The summed E-state index contributed by atoms with van der Waals surface area (Å²) in [6, 6.07) is 16.5. The summed E-state index contributed by atoms with van der Waals surface area (Å²) in [6.45, 7) is -0.497. The van der Waals surface area contributed by atoms with Crippen LogP contribution in [0.1, 0.15) is 43.2 Å². The molecule has 1 aliphatic rings. The summed E-state index contributed by atoms with van der Waals surface area (Å²) in [5.74, 6) is -1.70. The second-order valence-corrected chi connectivity index (χ2v) is 8.41. The van der Waals surface area contributed by atoms with E-state index in [9.17, 15) is 19.2 Å². The van der Waals surface area contributed by atoms with Gasteiger partial charge in [0.25, 0.3) is 17.7 Å². The van der Waals surface area contributed by atoms with Gasteiger partial charge >= 0.3 is 5.97 Å². The fourth-order valence-corrected chi connectivity index (χ4v) is 3.59. The molecule has 1 aliphatic carbocycles. The Kier molecular flexibility index (Phi) is 6.80. The maximum atomic E-state index is 12.4. The van der Waals surface area contributed by atoms with Gasteiger partial charge in [-0.2, -0.15) is 0 Å². The van der Waals surface area contributed by atoms with E-state index in [4.69, 9.17) is 4.74 Å². The van der Waals surface area contributed by atoms with Gasteiger partial charge in [0.15, 0.2) is 6.61 Å². The van der Waals surface area contributed by atoms with Crippen molar-refractivity contribution in [2.75, 3.05) is 17.2 Å². The van der Waals surface area contributed by atoms with E-state index in [0.717, 1.165) is 12.8 Å². The number of anilines is 2. The number of esters is 1. The monoisotopic (exact) mass is 463 g/mol. The minimum Gasteiger partial charge on any atom is -0.452 e. The van der Waals surface area contributed by atoms with Gasteiger partial charge in [0.2, 0.25) is 0 Å². The smallest absolute Gasteiger partial charge is 0.338 e. The van der Waals surface area contributed by atoms with Crippen LogP contribution >= 0.6 is 11.3 Å². The molecule has 0 saturated heterocycles. The van der Waals surface area contributed by atoms with Crippen molar-refractivity contribution in [2.24, 2.45) is 0 Å². The Labute approximate surface area is 194 Å². The summed E-state index contributed by atoms with van der Waals surface area (Å²) in [5.41, 5.74) is 1.51. The molecule has 0 aliphatic heterocycles. The zero-order chi connectivity index (χ0) is 23.2.